The van der Waals surface area contributed by atoms with Gasteiger partial charge in [0, 0.05) is 41.4 Å². The zero-order chi connectivity index (χ0) is 19.6. The normalized spacial score (nSPS) is 11.7. The summed E-state index contributed by atoms with van der Waals surface area (Å²) in [6, 6.07) is 9.34. The number of nitrogens with one attached hydrogen (secondary N) is 1. The summed E-state index contributed by atoms with van der Waals surface area (Å²) in [7, 11) is 3.92. The van der Waals surface area contributed by atoms with E-state index in [0.29, 0.717) is 35.4 Å². The number of halogens is 1. The molecule has 2 aromatic heterocycles. The highest BCUT2D eigenvalue weighted by Crippen LogP contribution is 2.31. The first-order chi connectivity index (χ1) is 12.8. The number of amides is 1. The molecular weight excluding hydrogens is 364 g/mol. The monoisotopic (exact) mass is 388 g/mol. The van der Waals surface area contributed by atoms with Crippen LogP contribution < -0.4 is 5.32 Å². The van der Waals surface area contributed by atoms with Crippen LogP contribution in [0.5, 0.6) is 0 Å². The summed E-state index contributed by atoms with van der Waals surface area (Å²) in [6.45, 7) is 5.52. The fraction of sp³-hybridized carbons (Fsp3) is 0.381. The molecule has 27 heavy (non-hydrogen) atoms. The molecule has 5 nitrogen and oxygen atoms in total. The van der Waals surface area contributed by atoms with E-state index < -0.39 is 0 Å². The van der Waals surface area contributed by atoms with Crippen LogP contribution in [0.1, 0.15) is 47.4 Å². The average molecular weight is 389 g/mol. The Kier molecular flexibility index (Phi) is 5.92. The van der Waals surface area contributed by atoms with Crippen LogP contribution in [-0.4, -0.2) is 38.0 Å². The lowest BCUT2D eigenvalue weighted by Gasteiger charge is -2.09. The van der Waals surface area contributed by atoms with Crippen molar-refractivity contribution in [1.29, 1.82) is 0 Å². The summed E-state index contributed by atoms with van der Waals surface area (Å²) >= 11 is 6.28. The number of nitrogens with zero attached hydrogens (tertiary/aromatic N) is 1. The highest BCUT2D eigenvalue weighted by atomic mass is 35.5. The smallest absolute Gasteiger partial charge is 0.287 e. The number of benzene rings is 1. The third-order valence-corrected chi connectivity index (χ3v) is 4.56. The largest absolute Gasteiger partial charge is 0.461 e. The summed E-state index contributed by atoms with van der Waals surface area (Å²) in [6.07, 6.45) is 0.507. The zero-order valence-corrected chi connectivity index (χ0v) is 16.9. The third-order valence-electron chi connectivity index (χ3n) is 4.34. The summed E-state index contributed by atoms with van der Waals surface area (Å²) in [5.74, 6) is 2.02. The number of rotatable bonds is 7. The highest BCUT2D eigenvalue weighted by molar-refractivity contribution is 6.31. The molecule has 0 spiro atoms. The van der Waals surface area contributed by atoms with Crippen LogP contribution in [-0.2, 0) is 6.42 Å². The van der Waals surface area contributed by atoms with Crippen LogP contribution in [0.15, 0.2) is 39.2 Å². The molecule has 0 bridgehead atoms. The molecule has 6 heteroatoms. The van der Waals surface area contributed by atoms with E-state index in [4.69, 9.17) is 20.4 Å². The third kappa shape index (κ3) is 4.73. The molecule has 3 rings (SSSR count). The van der Waals surface area contributed by atoms with E-state index >= 15 is 0 Å². The first-order valence-corrected chi connectivity index (χ1v) is 9.44. The molecule has 0 aliphatic rings. The van der Waals surface area contributed by atoms with Gasteiger partial charge in [-0.25, -0.2) is 0 Å². The number of hydrogen-bond acceptors (Lipinski definition) is 4. The van der Waals surface area contributed by atoms with Gasteiger partial charge in [-0.2, -0.15) is 0 Å². The maximum Gasteiger partial charge on any atom is 0.287 e. The minimum atomic E-state index is -0.209. The van der Waals surface area contributed by atoms with Crippen molar-refractivity contribution >= 4 is 28.5 Å². The molecule has 144 valence electrons. The average Bonchev–Trinajstić information content (AvgIpc) is 3.21. The van der Waals surface area contributed by atoms with Crippen molar-refractivity contribution in [2.24, 2.45) is 0 Å². The molecule has 0 saturated heterocycles. The van der Waals surface area contributed by atoms with Crippen molar-refractivity contribution in [2.45, 2.75) is 26.2 Å². The molecule has 0 saturated carbocycles. The minimum absolute atomic E-state index is 0.209. The summed E-state index contributed by atoms with van der Waals surface area (Å²) in [4.78, 5) is 14.2. The van der Waals surface area contributed by atoms with Crippen molar-refractivity contribution in [3.63, 3.8) is 0 Å². The fourth-order valence-corrected chi connectivity index (χ4v) is 3.13. The van der Waals surface area contributed by atoms with Crippen LogP contribution in [0.2, 0.25) is 5.02 Å². The summed E-state index contributed by atoms with van der Waals surface area (Å²) in [5.41, 5.74) is 1.76. The van der Waals surface area contributed by atoms with Gasteiger partial charge in [-0.15, -0.1) is 0 Å². The molecule has 0 fully saturated rings. The maximum atomic E-state index is 12.2. The van der Waals surface area contributed by atoms with E-state index in [2.05, 4.69) is 19.2 Å². The van der Waals surface area contributed by atoms with Crippen LogP contribution in [0.4, 0.5) is 0 Å². The number of furan rings is 2. The van der Waals surface area contributed by atoms with Gasteiger partial charge in [-0.3, -0.25) is 4.79 Å². The molecule has 1 N–H and O–H groups in total. The number of hydrogen-bond donors (Lipinski definition) is 1. The second kappa shape index (κ2) is 8.19. The Morgan fingerprint density at radius 3 is 2.67 bits per heavy atom. The van der Waals surface area contributed by atoms with Crippen molar-refractivity contribution in [3.8, 4) is 0 Å². The number of carbonyl (C=O) groups excluding carboxylic acids is 1. The second-order valence-electron chi connectivity index (χ2n) is 7.29. The Morgan fingerprint density at radius 2 is 1.96 bits per heavy atom. The van der Waals surface area contributed by atoms with Gasteiger partial charge in [-0.1, -0.05) is 25.4 Å². The number of carbonyl (C=O) groups is 1. The number of likely N-dealkylation sites (N-methyl/N-ethyl adjacent to an activating group) is 1. The van der Waals surface area contributed by atoms with Crippen LogP contribution in [0, 0.1) is 0 Å². The fourth-order valence-electron chi connectivity index (χ4n) is 2.88. The van der Waals surface area contributed by atoms with Gasteiger partial charge in [0.1, 0.15) is 17.1 Å². The van der Waals surface area contributed by atoms with Gasteiger partial charge in [0.25, 0.3) is 5.91 Å². The molecule has 2 heterocycles. The van der Waals surface area contributed by atoms with E-state index in [1.165, 1.54) is 0 Å². The Morgan fingerprint density at radius 1 is 1.19 bits per heavy atom. The lowest BCUT2D eigenvalue weighted by atomic mass is 10.1. The maximum absolute atomic E-state index is 12.2. The van der Waals surface area contributed by atoms with Gasteiger partial charge in [0.2, 0.25) is 0 Å². The van der Waals surface area contributed by atoms with Gasteiger partial charge >= 0.3 is 0 Å². The van der Waals surface area contributed by atoms with E-state index in [0.717, 1.165) is 28.8 Å². The summed E-state index contributed by atoms with van der Waals surface area (Å²) in [5, 5.41) is 4.48. The zero-order valence-electron chi connectivity index (χ0n) is 16.1. The molecule has 0 unspecified atom stereocenters. The summed E-state index contributed by atoms with van der Waals surface area (Å²) < 4.78 is 11.8. The molecule has 3 aromatic rings. The van der Waals surface area contributed by atoms with Gasteiger partial charge in [-0.05, 0) is 44.4 Å². The van der Waals surface area contributed by atoms with Crippen LogP contribution in [0.25, 0.3) is 11.0 Å². The second-order valence-corrected chi connectivity index (χ2v) is 7.73. The predicted molar refractivity (Wildman–Crippen MR) is 108 cm³/mol. The Labute approximate surface area is 164 Å². The molecular formula is C21H25ClN2O3. The van der Waals surface area contributed by atoms with Crippen LogP contribution >= 0.6 is 11.6 Å². The molecule has 1 aromatic carbocycles. The van der Waals surface area contributed by atoms with Crippen molar-refractivity contribution < 1.29 is 13.6 Å². The van der Waals surface area contributed by atoms with Crippen LogP contribution in [0.3, 0.4) is 0 Å². The van der Waals surface area contributed by atoms with E-state index in [9.17, 15) is 4.79 Å². The SMILES string of the molecule is CC(C)c1cc2cc(Cl)cc(Cc3ccc(C(=O)NCCN(C)C)o3)c2o1. The molecule has 0 aliphatic carbocycles. The first kappa shape index (κ1) is 19.5. The van der Waals surface area contributed by atoms with Crippen molar-refractivity contribution in [1.82, 2.24) is 10.2 Å². The van der Waals surface area contributed by atoms with E-state index in [1.54, 1.807) is 6.07 Å². The van der Waals surface area contributed by atoms with E-state index in [1.807, 2.05) is 43.3 Å². The Balaban J connectivity index is 1.78. The quantitative estimate of drug-likeness (QED) is 0.638. The first-order valence-electron chi connectivity index (χ1n) is 9.07. The van der Waals surface area contributed by atoms with Crippen molar-refractivity contribution in [3.05, 3.63) is 58.2 Å². The Bertz CT molecular complexity index is 940. The molecule has 0 aliphatic heterocycles. The van der Waals surface area contributed by atoms with Gasteiger partial charge in [0.05, 0.1) is 0 Å². The predicted octanol–water partition coefficient (Wildman–Crippen LogP) is 4.68. The minimum Gasteiger partial charge on any atom is -0.461 e. The van der Waals surface area contributed by atoms with E-state index in [-0.39, 0.29) is 5.91 Å². The lowest BCUT2D eigenvalue weighted by Crippen LogP contribution is -2.31. The van der Waals surface area contributed by atoms with Crippen molar-refractivity contribution in [2.75, 3.05) is 27.2 Å². The Hall–Kier alpha value is -2.24. The topological polar surface area (TPSA) is 58.6 Å². The van der Waals surface area contributed by atoms with Gasteiger partial charge in [0.15, 0.2) is 5.76 Å². The molecule has 0 radical (unpaired) electrons. The standard InChI is InChI=1S/C21H25ClN2O3/c1-13(2)19-12-15-10-16(22)9-14(20(15)27-19)11-17-5-6-18(26-17)21(25)23-7-8-24(3)4/h5-6,9-10,12-13H,7-8,11H2,1-4H3,(H,23,25). The highest BCUT2D eigenvalue weighted by Gasteiger charge is 2.16. The molecule has 0 atom stereocenters. The number of fused-ring (bicyclic) bond motifs is 1. The van der Waals surface area contributed by atoms with Gasteiger partial charge < -0.3 is 19.1 Å². The molecule has 1 amide bonds. The lowest BCUT2D eigenvalue weighted by molar-refractivity contribution is 0.0921.